The van der Waals surface area contributed by atoms with E-state index in [0.717, 1.165) is 17.5 Å². The standard InChI is InChI=1S/C26H25N3O3/c1-3-28(18-15-19-13-16-27-17-14-19)24-23(20-7-5-4-6-8-20)25(30)29(26(24)31)21-9-11-22(32-2)12-10-21/h4-14,16-17H,3,15,18H2,1-2H3. The second kappa shape index (κ2) is 9.47. The monoisotopic (exact) mass is 427 g/mol. The lowest BCUT2D eigenvalue weighted by molar-refractivity contribution is -0.120. The Morgan fingerprint density at radius 3 is 2.22 bits per heavy atom. The average molecular weight is 428 g/mol. The highest BCUT2D eigenvalue weighted by Gasteiger charge is 2.42. The maximum absolute atomic E-state index is 13.6. The number of carbonyl (C=O) groups excluding carboxylic acids is 2. The lowest BCUT2D eigenvalue weighted by Gasteiger charge is -2.25. The topological polar surface area (TPSA) is 62.7 Å². The van der Waals surface area contributed by atoms with Crippen LogP contribution in [0.4, 0.5) is 5.69 Å². The fraction of sp³-hybridized carbons (Fsp3) is 0.192. The molecule has 0 saturated heterocycles. The summed E-state index contributed by atoms with van der Waals surface area (Å²) in [5.41, 5.74) is 3.26. The summed E-state index contributed by atoms with van der Waals surface area (Å²) >= 11 is 0. The molecule has 2 aromatic carbocycles. The molecule has 162 valence electrons. The Morgan fingerprint density at radius 2 is 1.59 bits per heavy atom. The van der Waals surface area contributed by atoms with Gasteiger partial charge in [0, 0.05) is 25.5 Å². The quantitative estimate of drug-likeness (QED) is 0.510. The first-order valence-electron chi connectivity index (χ1n) is 10.6. The van der Waals surface area contributed by atoms with Crippen molar-refractivity contribution in [2.75, 3.05) is 25.1 Å². The number of nitrogens with zero attached hydrogens (tertiary/aromatic N) is 3. The number of carbonyl (C=O) groups is 2. The van der Waals surface area contributed by atoms with E-state index in [1.807, 2.05) is 54.3 Å². The van der Waals surface area contributed by atoms with Crippen LogP contribution in [-0.2, 0) is 16.0 Å². The van der Waals surface area contributed by atoms with E-state index in [9.17, 15) is 9.59 Å². The molecule has 0 bridgehead atoms. The summed E-state index contributed by atoms with van der Waals surface area (Å²) in [6.07, 6.45) is 4.26. The third-order valence-electron chi connectivity index (χ3n) is 5.57. The molecule has 0 fully saturated rings. The van der Waals surface area contributed by atoms with Crippen LogP contribution in [0.15, 0.2) is 84.8 Å². The first-order valence-corrected chi connectivity index (χ1v) is 10.6. The zero-order valence-corrected chi connectivity index (χ0v) is 18.2. The van der Waals surface area contributed by atoms with Gasteiger partial charge in [-0.05, 0) is 60.9 Å². The van der Waals surface area contributed by atoms with Crippen molar-refractivity contribution in [3.05, 3.63) is 95.9 Å². The maximum Gasteiger partial charge on any atom is 0.282 e. The predicted octanol–water partition coefficient (Wildman–Crippen LogP) is 3.94. The van der Waals surface area contributed by atoms with Gasteiger partial charge in [0.2, 0.25) is 0 Å². The second-order valence-electron chi connectivity index (χ2n) is 7.42. The molecule has 1 aliphatic heterocycles. The van der Waals surface area contributed by atoms with Gasteiger partial charge in [0.25, 0.3) is 11.8 Å². The number of pyridine rings is 1. The van der Waals surface area contributed by atoms with Gasteiger partial charge in [-0.25, -0.2) is 4.90 Å². The molecule has 1 aromatic heterocycles. The molecule has 3 aromatic rings. The van der Waals surface area contributed by atoms with Crippen LogP contribution in [0.3, 0.4) is 0 Å². The minimum atomic E-state index is -0.316. The summed E-state index contributed by atoms with van der Waals surface area (Å²) < 4.78 is 5.22. The Labute approximate surface area is 187 Å². The van der Waals surface area contributed by atoms with Crippen LogP contribution >= 0.6 is 0 Å². The van der Waals surface area contributed by atoms with Crippen LogP contribution in [0.2, 0.25) is 0 Å². The average Bonchev–Trinajstić information content (AvgIpc) is 3.10. The lowest BCUT2D eigenvalue weighted by Crippen LogP contribution is -2.36. The van der Waals surface area contributed by atoms with Crippen LogP contribution in [0.25, 0.3) is 5.57 Å². The van der Waals surface area contributed by atoms with E-state index in [4.69, 9.17) is 4.74 Å². The van der Waals surface area contributed by atoms with E-state index in [1.165, 1.54) is 4.90 Å². The number of imide groups is 1. The summed E-state index contributed by atoms with van der Waals surface area (Å²) in [4.78, 5) is 34.5. The molecular formula is C26H25N3O3. The van der Waals surface area contributed by atoms with Crippen molar-refractivity contribution >= 4 is 23.1 Å². The molecular weight excluding hydrogens is 402 g/mol. The fourth-order valence-corrected chi connectivity index (χ4v) is 3.88. The Kier molecular flexibility index (Phi) is 6.31. The van der Waals surface area contributed by atoms with Crippen molar-refractivity contribution in [3.8, 4) is 5.75 Å². The molecule has 0 unspecified atom stereocenters. The highest BCUT2D eigenvalue weighted by atomic mass is 16.5. The van der Waals surface area contributed by atoms with Crippen LogP contribution in [0.1, 0.15) is 18.1 Å². The van der Waals surface area contributed by atoms with Gasteiger partial charge in [0.1, 0.15) is 11.4 Å². The number of methoxy groups -OCH3 is 1. The highest BCUT2D eigenvalue weighted by Crippen LogP contribution is 2.35. The van der Waals surface area contributed by atoms with Crippen LogP contribution < -0.4 is 9.64 Å². The largest absolute Gasteiger partial charge is 0.497 e. The zero-order valence-electron chi connectivity index (χ0n) is 18.2. The van der Waals surface area contributed by atoms with Gasteiger partial charge in [0.05, 0.1) is 18.4 Å². The summed E-state index contributed by atoms with van der Waals surface area (Å²) in [7, 11) is 1.58. The van der Waals surface area contributed by atoms with Gasteiger partial charge >= 0.3 is 0 Å². The van der Waals surface area contributed by atoms with Gasteiger partial charge in [-0.1, -0.05) is 30.3 Å². The van der Waals surface area contributed by atoms with Crippen molar-refractivity contribution in [3.63, 3.8) is 0 Å². The number of likely N-dealkylation sites (N-methyl/N-ethyl adjacent to an activating group) is 1. The number of hydrogen-bond donors (Lipinski definition) is 0. The number of benzene rings is 2. The molecule has 0 saturated carbocycles. The molecule has 32 heavy (non-hydrogen) atoms. The first-order chi connectivity index (χ1) is 15.6. The Hall–Kier alpha value is -3.93. The lowest BCUT2D eigenvalue weighted by atomic mass is 10.0. The molecule has 0 N–H and O–H groups in total. The van der Waals surface area contributed by atoms with E-state index in [1.54, 1.807) is 43.8 Å². The smallest absolute Gasteiger partial charge is 0.282 e. The van der Waals surface area contributed by atoms with Crippen LogP contribution in [-0.4, -0.2) is 41.9 Å². The second-order valence-corrected chi connectivity index (χ2v) is 7.42. The normalized spacial score (nSPS) is 13.6. The van der Waals surface area contributed by atoms with Crippen molar-refractivity contribution in [1.82, 2.24) is 9.88 Å². The van der Waals surface area contributed by atoms with E-state index < -0.39 is 0 Å². The summed E-state index contributed by atoms with van der Waals surface area (Å²) in [5.74, 6) is 0.0381. The maximum atomic E-state index is 13.6. The van der Waals surface area contributed by atoms with Crippen molar-refractivity contribution in [1.29, 1.82) is 0 Å². The molecule has 6 nitrogen and oxygen atoms in total. The van der Waals surface area contributed by atoms with Crippen LogP contribution in [0, 0.1) is 0 Å². The fourth-order valence-electron chi connectivity index (χ4n) is 3.88. The number of rotatable bonds is 8. The molecule has 4 rings (SSSR count). The number of hydrogen-bond acceptors (Lipinski definition) is 5. The SMILES string of the molecule is CCN(CCc1ccncc1)C1=C(c2ccccc2)C(=O)N(c2ccc(OC)cc2)C1=O. The van der Waals surface area contributed by atoms with Gasteiger partial charge in [-0.3, -0.25) is 14.6 Å². The van der Waals surface area contributed by atoms with Crippen molar-refractivity contribution in [2.45, 2.75) is 13.3 Å². The van der Waals surface area contributed by atoms with Gasteiger partial charge in [-0.15, -0.1) is 0 Å². The Morgan fingerprint density at radius 1 is 0.906 bits per heavy atom. The summed E-state index contributed by atoms with van der Waals surface area (Å²) in [6.45, 7) is 3.21. The van der Waals surface area contributed by atoms with E-state index in [2.05, 4.69) is 4.98 Å². The van der Waals surface area contributed by atoms with Gasteiger partial charge in [0.15, 0.2) is 0 Å². The van der Waals surface area contributed by atoms with E-state index >= 15 is 0 Å². The van der Waals surface area contributed by atoms with Crippen LogP contribution in [0.5, 0.6) is 5.75 Å². The number of anilines is 1. The molecule has 2 amide bonds. The molecule has 0 radical (unpaired) electrons. The Bertz CT molecular complexity index is 1130. The molecule has 0 atom stereocenters. The first kappa shape index (κ1) is 21.3. The van der Waals surface area contributed by atoms with Gasteiger partial charge in [-0.2, -0.15) is 0 Å². The zero-order chi connectivity index (χ0) is 22.5. The van der Waals surface area contributed by atoms with Crippen molar-refractivity contribution in [2.24, 2.45) is 0 Å². The van der Waals surface area contributed by atoms with E-state index in [-0.39, 0.29) is 11.8 Å². The van der Waals surface area contributed by atoms with Gasteiger partial charge < -0.3 is 9.64 Å². The third-order valence-corrected chi connectivity index (χ3v) is 5.57. The summed E-state index contributed by atoms with van der Waals surface area (Å²) in [6, 6.07) is 20.3. The number of aromatic nitrogens is 1. The molecule has 2 heterocycles. The van der Waals surface area contributed by atoms with E-state index in [0.29, 0.717) is 35.8 Å². The molecule has 0 spiro atoms. The minimum Gasteiger partial charge on any atom is -0.497 e. The summed E-state index contributed by atoms with van der Waals surface area (Å²) in [5, 5.41) is 0. The third kappa shape index (κ3) is 4.12. The molecule has 6 heteroatoms. The molecule has 1 aliphatic rings. The van der Waals surface area contributed by atoms with Crippen molar-refractivity contribution < 1.29 is 14.3 Å². The minimum absolute atomic E-state index is 0.310. The Balaban J connectivity index is 1.72. The number of ether oxygens (including phenoxy) is 1. The predicted molar refractivity (Wildman–Crippen MR) is 124 cm³/mol. The highest BCUT2D eigenvalue weighted by molar-refractivity contribution is 6.45. The molecule has 0 aliphatic carbocycles. The number of amides is 2.